The maximum Gasteiger partial charge on any atom is 0.0556 e. The lowest BCUT2D eigenvalue weighted by Crippen LogP contribution is -2.25. The van der Waals surface area contributed by atoms with E-state index in [4.69, 9.17) is 4.74 Å². The molecule has 0 N–H and O–H groups in total. The van der Waals surface area contributed by atoms with Crippen molar-refractivity contribution in [3.63, 3.8) is 0 Å². The molecule has 0 aliphatic carbocycles. The van der Waals surface area contributed by atoms with Gasteiger partial charge in [-0.3, -0.25) is 0 Å². The maximum absolute atomic E-state index is 5.67. The molecule has 1 unspecified atom stereocenters. The molecule has 0 aromatic heterocycles. The molecule has 1 fully saturated rings. The van der Waals surface area contributed by atoms with E-state index >= 15 is 0 Å². The van der Waals surface area contributed by atoms with Gasteiger partial charge in [-0.25, -0.2) is 0 Å². The highest BCUT2D eigenvalue weighted by Crippen LogP contribution is 2.15. The Balaban J connectivity index is 1.98. The van der Waals surface area contributed by atoms with Crippen molar-refractivity contribution in [3.05, 3.63) is 0 Å². The highest BCUT2D eigenvalue weighted by atomic mass is 32.2. The van der Waals surface area contributed by atoms with Crippen molar-refractivity contribution in [1.29, 1.82) is 0 Å². The van der Waals surface area contributed by atoms with Gasteiger partial charge < -0.3 is 4.74 Å². The van der Waals surface area contributed by atoms with Crippen LogP contribution in [0.5, 0.6) is 0 Å². The standard InChI is InChI=1S/C8H18OS2Si/c10-8(11)4-6-12-7-3-1-2-5-9-7/h7-8,10-11H,1-6,12H2. The number of rotatable bonds is 4. The maximum atomic E-state index is 5.67. The van der Waals surface area contributed by atoms with Crippen LogP contribution in [0.1, 0.15) is 25.7 Å². The molecule has 0 amide bonds. The second-order valence-corrected chi connectivity index (χ2v) is 7.25. The zero-order valence-electron chi connectivity index (χ0n) is 7.41. The van der Waals surface area contributed by atoms with Gasteiger partial charge in [-0.2, -0.15) is 25.3 Å². The van der Waals surface area contributed by atoms with Crippen molar-refractivity contribution in [2.45, 2.75) is 42.0 Å². The summed E-state index contributed by atoms with van der Waals surface area (Å²) in [6, 6.07) is 1.34. The van der Waals surface area contributed by atoms with Crippen molar-refractivity contribution < 1.29 is 4.74 Å². The first-order valence-electron chi connectivity index (χ1n) is 4.77. The predicted molar refractivity (Wildman–Crippen MR) is 63.3 cm³/mol. The van der Waals surface area contributed by atoms with Gasteiger partial charge in [0.1, 0.15) is 0 Å². The summed E-state index contributed by atoms with van der Waals surface area (Å²) in [6.07, 6.45) is 5.11. The molecule has 0 spiro atoms. The SMILES string of the molecule is SC(S)CC[SiH2]C1CCCCO1. The van der Waals surface area contributed by atoms with E-state index in [2.05, 4.69) is 25.3 Å². The smallest absolute Gasteiger partial charge is 0.0556 e. The molecule has 1 heterocycles. The van der Waals surface area contributed by atoms with Gasteiger partial charge in [-0.1, -0.05) is 6.04 Å². The van der Waals surface area contributed by atoms with Crippen LogP contribution in [0, 0.1) is 0 Å². The van der Waals surface area contributed by atoms with E-state index in [1.54, 1.807) is 0 Å². The number of hydrogen-bond donors (Lipinski definition) is 2. The van der Waals surface area contributed by atoms with E-state index in [1.807, 2.05) is 0 Å². The lowest BCUT2D eigenvalue weighted by molar-refractivity contribution is 0.0650. The van der Waals surface area contributed by atoms with Gasteiger partial charge in [-0.15, -0.1) is 0 Å². The number of ether oxygens (including phenoxy) is 1. The van der Waals surface area contributed by atoms with Crippen molar-refractivity contribution in [3.8, 4) is 0 Å². The molecule has 1 rings (SSSR count). The van der Waals surface area contributed by atoms with E-state index in [-0.39, 0.29) is 14.1 Å². The Kier molecular flexibility index (Phi) is 5.80. The van der Waals surface area contributed by atoms with Crippen LogP contribution in [-0.2, 0) is 4.74 Å². The highest BCUT2D eigenvalue weighted by Gasteiger charge is 2.13. The average Bonchev–Trinajstić information content (AvgIpc) is 2.05. The first-order chi connectivity index (χ1) is 5.79. The summed E-state index contributed by atoms with van der Waals surface area (Å²) in [4.78, 5) is 0. The minimum Gasteiger partial charge on any atom is -0.382 e. The van der Waals surface area contributed by atoms with Gasteiger partial charge in [0.25, 0.3) is 0 Å². The normalized spacial score (nSPS) is 25.8. The van der Waals surface area contributed by atoms with Gasteiger partial charge in [0.05, 0.1) is 9.52 Å². The fraction of sp³-hybridized carbons (Fsp3) is 1.00. The number of hydrogen-bond acceptors (Lipinski definition) is 3. The lowest BCUT2D eigenvalue weighted by atomic mass is 10.2. The third-order valence-electron chi connectivity index (χ3n) is 2.26. The summed E-state index contributed by atoms with van der Waals surface area (Å²) >= 11 is 8.48. The molecule has 72 valence electrons. The van der Waals surface area contributed by atoms with Gasteiger partial charge >= 0.3 is 0 Å². The van der Waals surface area contributed by atoms with Crippen LogP contribution in [0.3, 0.4) is 0 Å². The zero-order valence-corrected chi connectivity index (χ0v) is 10.6. The van der Waals surface area contributed by atoms with Crippen LogP contribution in [0.2, 0.25) is 6.04 Å². The molecule has 0 aromatic carbocycles. The van der Waals surface area contributed by atoms with E-state index < -0.39 is 0 Å². The molecular weight excluding hydrogens is 204 g/mol. The summed E-state index contributed by atoms with van der Waals surface area (Å²) in [7, 11) is 0.00273. The molecular formula is C8H18OS2Si. The number of thiol groups is 2. The van der Waals surface area contributed by atoms with Crippen molar-refractivity contribution in [2.24, 2.45) is 0 Å². The summed E-state index contributed by atoms with van der Waals surface area (Å²) < 4.78 is 5.95. The van der Waals surface area contributed by atoms with E-state index in [0.717, 1.165) is 13.0 Å². The fourth-order valence-electron chi connectivity index (χ4n) is 1.56. The monoisotopic (exact) mass is 222 g/mol. The van der Waals surface area contributed by atoms with Gasteiger partial charge in [0.15, 0.2) is 0 Å². The van der Waals surface area contributed by atoms with E-state index in [0.29, 0.717) is 5.73 Å². The van der Waals surface area contributed by atoms with Gasteiger partial charge in [-0.05, 0) is 25.7 Å². The molecule has 0 saturated carbocycles. The zero-order chi connectivity index (χ0) is 8.81. The highest BCUT2D eigenvalue weighted by molar-refractivity contribution is 7.99. The molecule has 1 aliphatic rings. The molecule has 1 aliphatic heterocycles. The lowest BCUT2D eigenvalue weighted by Gasteiger charge is -2.22. The van der Waals surface area contributed by atoms with Crippen LogP contribution in [0.15, 0.2) is 0 Å². The second kappa shape index (κ2) is 6.35. The molecule has 0 bridgehead atoms. The minimum absolute atomic E-state index is 0.00273. The second-order valence-electron chi connectivity index (χ2n) is 3.40. The molecule has 0 radical (unpaired) electrons. The summed E-state index contributed by atoms with van der Waals surface area (Å²) in [5.41, 5.74) is 0.666. The summed E-state index contributed by atoms with van der Waals surface area (Å²) in [5, 5.41) is 0. The largest absolute Gasteiger partial charge is 0.382 e. The van der Waals surface area contributed by atoms with Crippen molar-refractivity contribution >= 4 is 34.8 Å². The molecule has 1 nitrogen and oxygen atoms in total. The van der Waals surface area contributed by atoms with Crippen LogP contribution in [0.25, 0.3) is 0 Å². The van der Waals surface area contributed by atoms with Gasteiger partial charge in [0.2, 0.25) is 0 Å². The Labute approximate surface area is 88.3 Å². The third-order valence-corrected chi connectivity index (χ3v) is 4.88. The van der Waals surface area contributed by atoms with Crippen molar-refractivity contribution in [1.82, 2.24) is 0 Å². The van der Waals surface area contributed by atoms with Crippen LogP contribution >= 0.6 is 25.3 Å². The van der Waals surface area contributed by atoms with E-state index in [9.17, 15) is 0 Å². The average molecular weight is 222 g/mol. The Morgan fingerprint density at radius 3 is 2.83 bits per heavy atom. The molecule has 12 heavy (non-hydrogen) atoms. The topological polar surface area (TPSA) is 9.23 Å². The Bertz CT molecular complexity index is 116. The third kappa shape index (κ3) is 4.79. The first-order valence-corrected chi connectivity index (χ1v) is 7.61. The minimum atomic E-state index is 0.00273. The fourth-order valence-corrected chi connectivity index (χ4v) is 4.63. The predicted octanol–water partition coefficient (Wildman–Crippen LogP) is 1.68. The molecule has 0 aromatic rings. The Hall–Kier alpha value is 0.877. The van der Waals surface area contributed by atoms with Crippen LogP contribution in [0.4, 0.5) is 0 Å². The van der Waals surface area contributed by atoms with Crippen LogP contribution < -0.4 is 0 Å². The summed E-state index contributed by atoms with van der Waals surface area (Å²) in [6.45, 7) is 1.00. The molecule has 1 atom stereocenters. The Morgan fingerprint density at radius 2 is 2.25 bits per heavy atom. The first kappa shape index (κ1) is 11.0. The molecule has 4 heteroatoms. The van der Waals surface area contributed by atoms with Crippen molar-refractivity contribution in [2.75, 3.05) is 6.61 Å². The quantitative estimate of drug-likeness (QED) is 0.418. The van der Waals surface area contributed by atoms with E-state index in [1.165, 1.54) is 25.3 Å². The summed E-state index contributed by atoms with van der Waals surface area (Å²) in [5.74, 6) is 0. The van der Waals surface area contributed by atoms with Crippen LogP contribution in [-0.4, -0.2) is 26.4 Å². The van der Waals surface area contributed by atoms with Gasteiger partial charge in [0, 0.05) is 16.9 Å². The molecule has 1 saturated heterocycles. The Morgan fingerprint density at radius 1 is 1.42 bits per heavy atom.